The fourth-order valence-corrected chi connectivity index (χ4v) is 4.25. The molecule has 1 heterocycles. The number of hydrogen-bond acceptors (Lipinski definition) is 5. The average Bonchev–Trinajstić information content (AvgIpc) is 2.37. The molecular weight excluding hydrogens is 252 g/mol. The number of hydrogen-bond donors (Lipinski definition) is 0. The van der Waals surface area contributed by atoms with Crippen molar-refractivity contribution in [2.75, 3.05) is 41.2 Å². The van der Waals surface area contributed by atoms with Gasteiger partial charge >= 0.3 is 8.80 Å². The van der Waals surface area contributed by atoms with E-state index in [0.717, 1.165) is 26.1 Å². The van der Waals surface area contributed by atoms with E-state index in [9.17, 15) is 0 Å². The first-order valence-corrected chi connectivity index (χ1v) is 8.27. The molecule has 1 aliphatic rings. The molecule has 1 saturated heterocycles. The first kappa shape index (κ1) is 16.1. The topological polar surface area (TPSA) is 46.2 Å². The summed E-state index contributed by atoms with van der Waals surface area (Å²) in [6.45, 7) is 6.45. The van der Waals surface area contributed by atoms with Crippen LogP contribution in [0.4, 0.5) is 0 Å². The predicted octanol–water partition coefficient (Wildman–Crippen LogP) is 1.63. The highest BCUT2D eigenvalue weighted by Crippen LogP contribution is 2.32. The van der Waals surface area contributed by atoms with Crippen molar-refractivity contribution in [3.05, 3.63) is 0 Å². The van der Waals surface area contributed by atoms with Gasteiger partial charge in [-0.3, -0.25) is 0 Å². The molecule has 0 bridgehead atoms. The molecule has 108 valence electrons. The minimum absolute atomic E-state index is 0.124. The fourth-order valence-electron chi connectivity index (χ4n) is 2.17. The van der Waals surface area contributed by atoms with Gasteiger partial charge in [0.15, 0.2) is 0 Å². The Labute approximate surface area is 111 Å². The maximum absolute atomic E-state index is 6.03. The largest absolute Gasteiger partial charge is 0.530 e. The van der Waals surface area contributed by atoms with Crippen LogP contribution in [0.5, 0.6) is 0 Å². The summed E-state index contributed by atoms with van der Waals surface area (Å²) in [5, 5.41) is 0. The Morgan fingerprint density at radius 2 is 1.67 bits per heavy atom. The average molecular weight is 278 g/mol. The van der Waals surface area contributed by atoms with E-state index in [1.807, 2.05) is 0 Å². The molecule has 0 spiro atoms. The van der Waals surface area contributed by atoms with Gasteiger partial charge in [-0.2, -0.15) is 0 Å². The van der Waals surface area contributed by atoms with E-state index in [-0.39, 0.29) is 11.1 Å². The normalized spacial score (nSPS) is 20.5. The highest BCUT2D eigenvalue weighted by Gasteiger charge is 2.49. The monoisotopic (exact) mass is 278 g/mol. The summed E-state index contributed by atoms with van der Waals surface area (Å²) in [6.07, 6.45) is 1.87. The van der Waals surface area contributed by atoms with Crippen LogP contribution in [-0.2, 0) is 22.8 Å². The summed E-state index contributed by atoms with van der Waals surface area (Å²) in [5.74, 6) is 0. The van der Waals surface area contributed by atoms with Gasteiger partial charge in [0.05, 0.1) is 19.8 Å². The van der Waals surface area contributed by atoms with E-state index in [1.54, 1.807) is 21.3 Å². The zero-order valence-corrected chi connectivity index (χ0v) is 13.2. The van der Waals surface area contributed by atoms with Gasteiger partial charge in [-0.1, -0.05) is 13.8 Å². The van der Waals surface area contributed by atoms with Gasteiger partial charge in [0.1, 0.15) is 5.73 Å². The molecule has 18 heavy (non-hydrogen) atoms. The fraction of sp³-hybridized carbons (Fsp3) is 1.00. The van der Waals surface area contributed by atoms with Gasteiger partial charge in [0, 0.05) is 26.7 Å². The van der Waals surface area contributed by atoms with E-state index in [4.69, 9.17) is 22.8 Å². The summed E-state index contributed by atoms with van der Waals surface area (Å²) in [6, 6.07) is 0. The standard InChI is InChI=1S/C12H26O5Si/c1-6-11(18(13-3,14-4)15-5)17-10-12(7-2)8-16-9-12/h11H,6-10H2,1-5H3. The predicted molar refractivity (Wildman–Crippen MR) is 70.4 cm³/mol. The van der Waals surface area contributed by atoms with Gasteiger partial charge in [-0.05, 0) is 12.8 Å². The van der Waals surface area contributed by atoms with E-state index < -0.39 is 8.80 Å². The lowest BCUT2D eigenvalue weighted by Crippen LogP contribution is -2.57. The SMILES string of the molecule is CCC(OCC1(CC)COC1)[Si](OC)(OC)OC. The first-order valence-electron chi connectivity index (χ1n) is 6.46. The van der Waals surface area contributed by atoms with Crippen molar-refractivity contribution in [2.45, 2.75) is 32.4 Å². The molecule has 1 aliphatic heterocycles. The molecule has 1 unspecified atom stereocenters. The molecule has 6 heteroatoms. The third-order valence-corrected chi connectivity index (χ3v) is 6.85. The van der Waals surface area contributed by atoms with Crippen LogP contribution in [-0.4, -0.2) is 55.7 Å². The number of rotatable bonds is 9. The molecule has 5 nitrogen and oxygen atoms in total. The smallest absolute Gasteiger partial charge is 0.380 e. The van der Waals surface area contributed by atoms with Gasteiger partial charge in [-0.15, -0.1) is 0 Å². The maximum Gasteiger partial charge on any atom is 0.530 e. The lowest BCUT2D eigenvalue weighted by molar-refractivity contribution is -0.159. The van der Waals surface area contributed by atoms with Gasteiger partial charge in [0.2, 0.25) is 0 Å². The molecule has 1 fully saturated rings. The summed E-state index contributed by atoms with van der Waals surface area (Å²) in [7, 11) is 2.14. The van der Waals surface area contributed by atoms with Crippen molar-refractivity contribution in [2.24, 2.45) is 5.41 Å². The van der Waals surface area contributed by atoms with Gasteiger partial charge in [-0.25, -0.2) is 0 Å². The van der Waals surface area contributed by atoms with Gasteiger partial charge < -0.3 is 22.8 Å². The summed E-state index contributed by atoms with van der Waals surface area (Å²) in [4.78, 5) is 0. The van der Waals surface area contributed by atoms with E-state index in [1.165, 1.54) is 0 Å². The van der Waals surface area contributed by atoms with Crippen LogP contribution in [0, 0.1) is 5.41 Å². The molecule has 0 aromatic carbocycles. The first-order chi connectivity index (χ1) is 8.62. The molecule has 0 aliphatic carbocycles. The van der Waals surface area contributed by atoms with Crippen molar-refractivity contribution in [3.8, 4) is 0 Å². The van der Waals surface area contributed by atoms with Crippen LogP contribution >= 0.6 is 0 Å². The van der Waals surface area contributed by atoms with E-state index >= 15 is 0 Å². The molecule has 1 atom stereocenters. The summed E-state index contributed by atoms with van der Waals surface area (Å²) >= 11 is 0. The Bertz CT molecular complexity index is 227. The van der Waals surface area contributed by atoms with Crippen LogP contribution in [0.2, 0.25) is 0 Å². The van der Waals surface area contributed by atoms with Gasteiger partial charge in [0.25, 0.3) is 0 Å². The van der Waals surface area contributed by atoms with Crippen molar-refractivity contribution >= 4 is 8.80 Å². The zero-order valence-electron chi connectivity index (χ0n) is 12.2. The Hall–Kier alpha value is 0.0169. The van der Waals surface area contributed by atoms with E-state index in [0.29, 0.717) is 6.61 Å². The molecular formula is C12H26O5Si. The van der Waals surface area contributed by atoms with Crippen molar-refractivity contribution < 1.29 is 22.8 Å². The molecule has 0 amide bonds. The zero-order chi connectivity index (χ0) is 13.6. The second-order valence-corrected chi connectivity index (χ2v) is 7.85. The third kappa shape index (κ3) is 3.12. The minimum Gasteiger partial charge on any atom is -0.380 e. The van der Waals surface area contributed by atoms with Crippen molar-refractivity contribution in [1.82, 2.24) is 0 Å². The molecule has 0 aromatic heterocycles. The second kappa shape index (κ2) is 6.98. The highest BCUT2D eigenvalue weighted by molar-refractivity contribution is 6.62. The molecule has 0 N–H and O–H groups in total. The minimum atomic E-state index is -2.71. The maximum atomic E-state index is 6.03. The molecule has 0 radical (unpaired) electrons. The Kier molecular flexibility index (Phi) is 6.23. The summed E-state index contributed by atoms with van der Waals surface area (Å²) in [5.41, 5.74) is 0.0458. The second-order valence-electron chi connectivity index (χ2n) is 4.77. The van der Waals surface area contributed by atoms with Crippen LogP contribution in [0.25, 0.3) is 0 Å². The lowest BCUT2D eigenvalue weighted by atomic mass is 9.84. The Morgan fingerprint density at radius 3 is 1.94 bits per heavy atom. The van der Waals surface area contributed by atoms with Crippen molar-refractivity contribution in [3.63, 3.8) is 0 Å². The van der Waals surface area contributed by atoms with Crippen molar-refractivity contribution in [1.29, 1.82) is 0 Å². The van der Waals surface area contributed by atoms with E-state index in [2.05, 4.69) is 13.8 Å². The van der Waals surface area contributed by atoms with Crippen LogP contribution in [0.1, 0.15) is 26.7 Å². The molecule has 1 rings (SSSR count). The molecule has 0 saturated carbocycles. The third-order valence-electron chi connectivity index (χ3n) is 3.78. The Balaban J connectivity index is 2.60. The molecule has 0 aromatic rings. The summed E-state index contributed by atoms with van der Waals surface area (Å²) < 4.78 is 27.8. The van der Waals surface area contributed by atoms with Crippen LogP contribution in [0.3, 0.4) is 0 Å². The van der Waals surface area contributed by atoms with Crippen LogP contribution < -0.4 is 0 Å². The Morgan fingerprint density at radius 1 is 1.11 bits per heavy atom. The number of ether oxygens (including phenoxy) is 2. The van der Waals surface area contributed by atoms with Crippen LogP contribution in [0.15, 0.2) is 0 Å². The quantitative estimate of drug-likeness (QED) is 0.600. The lowest BCUT2D eigenvalue weighted by Gasteiger charge is -2.42. The highest BCUT2D eigenvalue weighted by atomic mass is 28.4.